The number of pyridine rings is 1. The molecule has 2 heterocycles. The fourth-order valence-corrected chi connectivity index (χ4v) is 3.69. The Morgan fingerprint density at radius 2 is 1.59 bits per heavy atom. The van der Waals surface area contributed by atoms with Crippen molar-refractivity contribution in [1.82, 2.24) is 4.98 Å². The van der Waals surface area contributed by atoms with E-state index in [9.17, 15) is 0 Å². The molecule has 0 aliphatic carbocycles. The van der Waals surface area contributed by atoms with Crippen LogP contribution < -0.4 is 22.6 Å². The zero-order valence-corrected chi connectivity index (χ0v) is 17.4. The number of aromatic nitrogens is 1. The van der Waals surface area contributed by atoms with E-state index in [4.69, 9.17) is 4.98 Å². The van der Waals surface area contributed by atoms with Gasteiger partial charge in [0.1, 0.15) is 5.82 Å². The minimum absolute atomic E-state index is 0. The second-order valence-corrected chi connectivity index (χ2v) is 7.45. The smallest absolute Gasteiger partial charge is 0.129 e. The first-order chi connectivity index (χ1) is 12.9. The van der Waals surface area contributed by atoms with Crippen LogP contribution in [0.4, 0.5) is 5.82 Å². The molecule has 0 bridgehead atoms. The van der Waals surface area contributed by atoms with Crippen molar-refractivity contribution in [2.75, 3.05) is 31.1 Å². The molecule has 0 spiro atoms. The van der Waals surface area contributed by atoms with Crippen LogP contribution >= 0.6 is 0 Å². The number of halogens is 1. The van der Waals surface area contributed by atoms with Crippen molar-refractivity contribution in [2.24, 2.45) is 0 Å². The summed E-state index contributed by atoms with van der Waals surface area (Å²) in [6.07, 6.45) is 9.36. The van der Waals surface area contributed by atoms with E-state index in [1.165, 1.54) is 69.2 Å². The third-order valence-electron chi connectivity index (χ3n) is 5.33. The zero-order chi connectivity index (χ0) is 18.0. The van der Waals surface area contributed by atoms with Crippen LogP contribution in [0.5, 0.6) is 0 Å². The monoisotopic (exact) mass is 387 g/mol. The summed E-state index contributed by atoms with van der Waals surface area (Å²) in [7, 11) is 0. The van der Waals surface area contributed by atoms with Crippen molar-refractivity contribution in [2.45, 2.75) is 51.9 Å². The van der Waals surface area contributed by atoms with Crippen LogP contribution in [0.25, 0.3) is 11.3 Å². The fraction of sp³-hybridized carbons (Fsp3) is 0.522. The summed E-state index contributed by atoms with van der Waals surface area (Å²) >= 11 is 0. The topological polar surface area (TPSA) is 32.7 Å². The third-order valence-corrected chi connectivity index (χ3v) is 5.33. The van der Waals surface area contributed by atoms with Gasteiger partial charge in [0.05, 0.1) is 31.9 Å². The molecule has 148 valence electrons. The molecule has 0 atom stereocenters. The number of unbranched alkanes of at least 4 members (excludes halogenated alkanes) is 5. The normalized spacial score (nSPS) is 14.0. The Morgan fingerprint density at radius 1 is 0.889 bits per heavy atom. The molecule has 0 amide bonds. The molecule has 0 saturated carbocycles. The number of nitrogens with zero attached hydrogens (tertiary/aromatic N) is 2. The number of quaternary nitrogens is 1. The maximum atomic E-state index is 4.91. The fourth-order valence-electron chi connectivity index (χ4n) is 3.69. The zero-order valence-electron chi connectivity index (χ0n) is 16.7. The molecular formula is C23H34ClN3. The van der Waals surface area contributed by atoms with Crippen molar-refractivity contribution in [1.29, 1.82) is 0 Å². The summed E-state index contributed by atoms with van der Waals surface area (Å²) in [5.41, 5.74) is 3.76. The number of benzene rings is 1. The molecule has 27 heavy (non-hydrogen) atoms. The van der Waals surface area contributed by atoms with Gasteiger partial charge in [0.15, 0.2) is 0 Å². The van der Waals surface area contributed by atoms with Gasteiger partial charge in [0, 0.05) is 5.56 Å². The highest BCUT2D eigenvalue weighted by Crippen LogP contribution is 2.22. The molecule has 1 aromatic carbocycles. The van der Waals surface area contributed by atoms with Gasteiger partial charge in [-0.05, 0) is 30.5 Å². The van der Waals surface area contributed by atoms with Crippen LogP contribution in [0.2, 0.25) is 0 Å². The van der Waals surface area contributed by atoms with E-state index in [1.54, 1.807) is 0 Å². The Kier molecular flexibility index (Phi) is 9.65. The number of anilines is 1. The summed E-state index contributed by atoms with van der Waals surface area (Å²) in [5.74, 6) is 1.12. The lowest BCUT2D eigenvalue weighted by atomic mass is 10.0. The number of aryl methyl sites for hydroxylation is 1. The molecule has 3 nitrogen and oxygen atoms in total. The van der Waals surface area contributed by atoms with Crippen LogP contribution in [0.1, 0.15) is 51.0 Å². The Balaban J connectivity index is 0.00000261. The van der Waals surface area contributed by atoms with Crippen molar-refractivity contribution >= 4 is 5.82 Å². The van der Waals surface area contributed by atoms with Gasteiger partial charge in [-0.3, -0.25) is 0 Å². The summed E-state index contributed by atoms with van der Waals surface area (Å²) < 4.78 is 0. The number of rotatable bonds is 9. The Hall–Kier alpha value is -1.58. The van der Waals surface area contributed by atoms with Gasteiger partial charge in [0.2, 0.25) is 0 Å². The van der Waals surface area contributed by atoms with E-state index >= 15 is 0 Å². The number of piperazine rings is 1. The van der Waals surface area contributed by atoms with Crippen LogP contribution in [0.15, 0.2) is 42.5 Å². The highest BCUT2D eigenvalue weighted by Gasteiger charge is 2.14. The summed E-state index contributed by atoms with van der Waals surface area (Å²) in [4.78, 5) is 7.31. The van der Waals surface area contributed by atoms with E-state index in [2.05, 4.69) is 59.6 Å². The van der Waals surface area contributed by atoms with Gasteiger partial charge in [-0.15, -0.1) is 0 Å². The van der Waals surface area contributed by atoms with E-state index in [0.717, 1.165) is 24.6 Å². The lowest BCUT2D eigenvalue weighted by Crippen LogP contribution is -3.00. The lowest BCUT2D eigenvalue weighted by molar-refractivity contribution is -0.655. The Bertz CT molecular complexity index is 651. The molecule has 1 saturated heterocycles. The average molecular weight is 388 g/mol. The molecule has 1 aliphatic heterocycles. The van der Waals surface area contributed by atoms with Crippen LogP contribution in [-0.4, -0.2) is 31.2 Å². The van der Waals surface area contributed by atoms with Crippen molar-refractivity contribution in [3.05, 3.63) is 48.0 Å². The summed E-state index contributed by atoms with van der Waals surface area (Å²) in [6.45, 7) is 6.79. The van der Waals surface area contributed by atoms with E-state index in [-0.39, 0.29) is 12.4 Å². The van der Waals surface area contributed by atoms with Crippen LogP contribution in [0.3, 0.4) is 0 Å². The SMILES string of the molecule is CCCCCCCCc1ccc(-c2cccc(N3CC[NH2+]CC3)n2)cc1.[Cl-]. The first-order valence-corrected chi connectivity index (χ1v) is 10.5. The van der Waals surface area contributed by atoms with Gasteiger partial charge < -0.3 is 22.6 Å². The predicted octanol–water partition coefficient (Wildman–Crippen LogP) is 1.04. The van der Waals surface area contributed by atoms with Gasteiger partial charge in [-0.2, -0.15) is 0 Å². The van der Waals surface area contributed by atoms with Crippen molar-refractivity contribution in [3.63, 3.8) is 0 Å². The second-order valence-electron chi connectivity index (χ2n) is 7.45. The largest absolute Gasteiger partial charge is 1.00 e. The third kappa shape index (κ3) is 6.82. The predicted molar refractivity (Wildman–Crippen MR) is 111 cm³/mol. The maximum absolute atomic E-state index is 4.91. The first kappa shape index (κ1) is 21.7. The first-order valence-electron chi connectivity index (χ1n) is 10.5. The molecule has 2 N–H and O–H groups in total. The second kappa shape index (κ2) is 12.0. The lowest BCUT2D eigenvalue weighted by Gasteiger charge is -2.26. The Labute approximate surface area is 171 Å². The molecular weight excluding hydrogens is 354 g/mol. The van der Waals surface area contributed by atoms with Crippen molar-refractivity contribution in [3.8, 4) is 11.3 Å². The van der Waals surface area contributed by atoms with E-state index < -0.39 is 0 Å². The number of hydrogen-bond acceptors (Lipinski definition) is 2. The highest BCUT2D eigenvalue weighted by molar-refractivity contribution is 5.62. The minimum atomic E-state index is 0. The van der Waals surface area contributed by atoms with E-state index in [1.807, 2.05) is 0 Å². The van der Waals surface area contributed by atoms with E-state index in [0.29, 0.717) is 0 Å². The van der Waals surface area contributed by atoms with Gasteiger partial charge in [-0.25, -0.2) is 4.98 Å². The molecule has 1 aromatic heterocycles. The molecule has 0 unspecified atom stereocenters. The molecule has 0 radical (unpaired) electrons. The molecule has 2 aromatic rings. The molecule has 1 fully saturated rings. The quantitative estimate of drug-likeness (QED) is 0.652. The van der Waals surface area contributed by atoms with Crippen LogP contribution in [-0.2, 0) is 6.42 Å². The van der Waals surface area contributed by atoms with Crippen LogP contribution in [0, 0.1) is 0 Å². The number of hydrogen-bond donors (Lipinski definition) is 1. The van der Waals surface area contributed by atoms with Gasteiger partial charge in [0.25, 0.3) is 0 Å². The number of nitrogens with two attached hydrogens (primary N) is 1. The molecule has 3 rings (SSSR count). The average Bonchev–Trinajstić information content (AvgIpc) is 2.72. The molecule has 1 aliphatic rings. The summed E-state index contributed by atoms with van der Waals surface area (Å²) in [6, 6.07) is 15.5. The summed E-state index contributed by atoms with van der Waals surface area (Å²) in [5, 5.41) is 2.38. The maximum Gasteiger partial charge on any atom is 0.129 e. The van der Waals surface area contributed by atoms with Crippen molar-refractivity contribution < 1.29 is 17.7 Å². The highest BCUT2D eigenvalue weighted by atomic mass is 35.5. The van der Waals surface area contributed by atoms with Gasteiger partial charge in [-0.1, -0.05) is 69.4 Å². The van der Waals surface area contributed by atoms with Gasteiger partial charge >= 0.3 is 0 Å². The molecule has 4 heteroatoms. The minimum Gasteiger partial charge on any atom is -1.00 e. The standard InChI is InChI=1S/C23H33N3.ClH/c1-2-3-4-5-6-7-9-20-12-14-21(15-13-20)22-10-8-11-23(25-22)26-18-16-24-17-19-26;/h8,10-15,24H,2-7,9,16-19H2,1H3;1H. The Morgan fingerprint density at radius 3 is 2.33 bits per heavy atom.